The first-order chi connectivity index (χ1) is 18.5. The lowest BCUT2D eigenvalue weighted by molar-refractivity contribution is -0.241. The van der Waals surface area contributed by atoms with Gasteiger partial charge in [0.2, 0.25) is 0 Å². The van der Waals surface area contributed by atoms with Crippen LogP contribution in [0.15, 0.2) is 23.3 Å². The molecular formula is C32H52O8. The van der Waals surface area contributed by atoms with Crippen molar-refractivity contribution in [1.82, 2.24) is 0 Å². The number of esters is 1. The Bertz CT molecular complexity index is 985. The Morgan fingerprint density at radius 1 is 1.12 bits per heavy atom. The molecule has 2 bridgehead atoms. The Kier molecular flexibility index (Phi) is 11.9. The summed E-state index contributed by atoms with van der Waals surface area (Å²) >= 11 is 0. The van der Waals surface area contributed by atoms with Crippen LogP contribution in [0.5, 0.6) is 0 Å². The molecule has 0 aliphatic carbocycles. The summed E-state index contributed by atoms with van der Waals surface area (Å²) in [5.41, 5.74) is 0.664. The van der Waals surface area contributed by atoms with Gasteiger partial charge in [0.05, 0.1) is 18.1 Å². The SMILES string of the molecule is CCC(=O)C(C)C(O)C(C)/C=C(\C)CC(C)C(O)C(C)C1C/C=C(\C)CC2(C)OC(O)(CC(=O)O1)C(CC)C2=O. The van der Waals surface area contributed by atoms with Crippen molar-refractivity contribution in [2.45, 2.75) is 131 Å². The lowest BCUT2D eigenvalue weighted by Gasteiger charge is -2.32. The van der Waals surface area contributed by atoms with E-state index in [-0.39, 0.29) is 23.4 Å². The summed E-state index contributed by atoms with van der Waals surface area (Å²) in [5.74, 6) is -4.83. The number of Topliss-reactive ketones (excluding diaryl/α,β-unsaturated/α-hetero) is 2. The van der Waals surface area contributed by atoms with Gasteiger partial charge in [-0.15, -0.1) is 0 Å². The Balaban J connectivity index is 2.17. The highest BCUT2D eigenvalue weighted by atomic mass is 16.7. The Labute approximate surface area is 240 Å². The zero-order valence-electron chi connectivity index (χ0n) is 25.9. The van der Waals surface area contributed by atoms with E-state index in [0.717, 1.165) is 11.1 Å². The normalized spacial score (nSPS) is 34.0. The van der Waals surface area contributed by atoms with Crippen molar-refractivity contribution in [3.8, 4) is 0 Å². The maximum absolute atomic E-state index is 13.1. The van der Waals surface area contributed by atoms with E-state index >= 15 is 0 Å². The molecule has 0 radical (unpaired) electrons. The molecule has 2 aliphatic heterocycles. The molecule has 2 aliphatic rings. The van der Waals surface area contributed by atoms with Gasteiger partial charge >= 0.3 is 5.97 Å². The van der Waals surface area contributed by atoms with Crippen LogP contribution in [0.25, 0.3) is 0 Å². The molecule has 1 saturated heterocycles. The number of ketones is 2. The van der Waals surface area contributed by atoms with Gasteiger partial charge in [0.25, 0.3) is 0 Å². The number of carbonyl (C=O) groups is 3. The molecule has 2 heterocycles. The van der Waals surface area contributed by atoms with Gasteiger partial charge in [-0.3, -0.25) is 14.4 Å². The highest BCUT2D eigenvalue weighted by molar-refractivity contribution is 5.93. The minimum Gasteiger partial charge on any atom is -0.461 e. The second-order valence-electron chi connectivity index (χ2n) is 12.7. The fourth-order valence-electron chi connectivity index (χ4n) is 6.53. The van der Waals surface area contributed by atoms with Crippen LogP contribution in [0, 0.1) is 29.6 Å². The van der Waals surface area contributed by atoms with Crippen LogP contribution in [-0.4, -0.2) is 62.6 Å². The molecule has 0 amide bonds. The van der Waals surface area contributed by atoms with Crippen LogP contribution in [0.4, 0.5) is 0 Å². The molecule has 8 nitrogen and oxygen atoms in total. The summed E-state index contributed by atoms with van der Waals surface area (Å²) in [7, 11) is 0. The highest BCUT2D eigenvalue weighted by Crippen LogP contribution is 2.45. The Hall–Kier alpha value is -1.87. The predicted molar refractivity (Wildman–Crippen MR) is 153 cm³/mol. The van der Waals surface area contributed by atoms with E-state index in [1.54, 1.807) is 27.7 Å². The first-order valence-corrected chi connectivity index (χ1v) is 14.9. The molecule has 10 unspecified atom stereocenters. The molecule has 10 atom stereocenters. The maximum atomic E-state index is 13.1. The van der Waals surface area contributed by atoms with Gasteiger partial charge in [-0.25, -0.2) is 0 Å². The summed E-state index contributed by atoms with van der Waals surface area (Å²) in [5, 5.41) is 33.1. The van der Waals surface area contributed by atoms with Gasteiger partial charge in [-0.2, -0.15) is 0 Å². The topological polar surface area (TPSA) is 130 Å². The van der Waals surface area contributed by atoms with Crippen LogP contribution < -0.4 is 0 Å². The monoisotopic (exact) mass is 564 g/mol. The second kappa shape index (κ2) is 13.9. The van der Waals surface area contributed by atoms with E-state index in [1.165, 1.54) is 0 Å². The second-order valence-corrected chi connectivity index (χ2v) is 12.7. The maximum Gasteiger partial charge on any atom is 0.311 e. The number of rotatable bonds is 11. The summed E-state index contributed by atoms with van der Waals surface area (Å²) < 4.78 is 11.7. The van der Waals surface area contributed by atoms with Crippen LogP contribution in [0.1, 0.15) is 101 Å². The van der Waals surface area contributed by atoms with Crippen molar-refractivity contribution >= 4 is 17.5 Å². The summed E-state index contributed by atoms with van der Waals surface area (Å²) in [6.07, 6.45) is 3.19. The molecule has 40 heavy (non-hydrogen) atoms. The summed E-state index contributed by atoms with van der Waals surface area (Å²) in [4.78, 5) is 38.1. The van der Waals surface area contributed by atoms with Crippen molar-refractivity contribution in [3.63, 3.8) is 0 Å². The number of hydrogen-bond donors (Lipinski definition) is 3. The molecule has 0 aromatic carbocycles. The molecule has 228 valence electrons. The van der Waals surface area contributed by atoms with Crippen LogP contribution in [0.3, 0.4) is 0 Å². The number of carbonyl (C=O) groups excluding carboxylic acids is 3. The van der Waals surface area contributed by atoms with E-state index in [0.29, 0.717) is 32.1 Å². The number of aliphatic hydroxyl groups is 3. The lowest BCUT2D eigenvalue weighted by atomic mass is 9.82. The first kappa shape index (κ1) is 34.3. The third-order valence-corrected chi connectivity index (χ3v) is 8.99. The van der Waals surface area contributed by atoms with Crippen molar-refractivity contribution < 1.29 is 39.2 Å². The number of fused-ring (bicyclic) bond motifs is 2. The molecule has 0 aromatic rings. The van der Waals surface area contributed by atoms with Gasteiger partial charge < -0.3 is 24.8 Å². The van der Waals surface area contributed by atoms with Crippen molar-refractivity contribution in [2.75, 3.05) is 0 Å². The van der Waals surface area contributed by atoms with E-state index in [1.807, 2.05) is 46.8 Å². The molecule has 8 heteroatoms. The number of ether oxygens (including phenoxy) is 2. The molecule has 1 fully saturated rings. The Morgan fingerprint density at radius 2 is 1.75 bits per heavy atom. The fourth-order valence-corrected chi connectivity index (χ4v) is 6.53. The van der Waals surface area contributed by atoms with Crippen LogP contribution in [-0.2, 0) is 23.9 Å². The molecule has 0 spiro atoms. The first-order valence-electron chi connectivity index (χ1n) is 14.9. The van der Waals surface area contributed by atoms with E-state index < -0.39 is 59.8 Å². The van der Waals surface area contributed by atoms with Gasteiger partial charge in [0.1, 0.15) is 23.9 Å². The number of allylic oxidation sites excluding steroid dienone is 1. The number of cyclic esters (lactones) is 1. The van der Waals surface area contributed by atoms with E-state index in [4.69, 9.17) is 9.47 Å². The van der Waals surface area contributed by atoms with Crippen molar-refractivity contribution in [3.05, 3.63) is 23.3 Å². The molecular weight excluding hydrogens is 512 g/mol. The van der Waals surface area contributed by atoms with Gasteiger partial charge in [0.15, 0.2) is 11.6 Å². The third-order valence-electron chi connectivity index (χ3n) is 8.99. The van der Waals surface area contributed by atoms with E-state index in [2.05, 4.69) is 0 Å². The van der Waals surface area contributed by atoms with Gasteiger partial charge in [0, 0.05) is 37.0 Å². The largest absolute Gasteiger partial charge is 0.461 e. The minimum atomic E-state index is -1.93. The quantitative estimate of drug-likeness (QED) is 0.244. The van der Waals surface area contributed by atoms with Crippen LogP contribution in [0.2, 0.25) is 0 Å². The van der Waals surface area contributed by atoms with Crippen LogP contribution >= 0.6 is 0 Å². The van der Waals surface area contributed by atoms with Gasteiger partial charge in [-0.1, -0.05) is 64.8 Å². The van der Waals surface area contributed by atoms with Crippen molar-refractivity contribution in [2.24, 2.45) is 29.6 Å². The zero-order chi connectivity index (χ0) is 30.6. The summed E-state index contributed by atoms with van der Waals surface area (Å²) in [6.45, 7) is 16.5. The van der Waals surface area contributed by atoms with Crippen molar-refractivity contribution in [1.29, 1.82) is 0 Å². The highest BCUT2D eigenvalue weighted by Gasteiger charge is 2.60. The average molecular weight is 565 g/mol. The Morgan fingerprint density at radius 3 is 2.33 bits per heavy atom. The fraction of sp³-hybridized carbons (Fsp3) is 0.781. The molecule has 2 rings (SSSR count). The predicted octanol–water partition coefficient (Wildman–Crippen LogP) is 4.68. The summed E-state index contributed by atoms with van der Waals surface area (Å²) in [6, 6.07) is 0. The van der Waals surface area contributed by atoms with Gasteiger partial charge in [-0.05, 0) is 39.5 Å². The smallest absolute Gasteiger partial charge is 0.311 e. The minimum absolute atomic E-state index is 0.0284. The molecule has 0 aromatic heterocycles. The number of hydrogen-bond acceptors (Lipinski definition) is 8. The molecule has 0 saturated carbocycles. The lowest BCUT2D eigenvalue weighted by Crippen LogP contribution is -2.42. The third kappa shape index (κ3) is 7.90. The number of aliphatic hydroxyl groups excluding tert-OH is 2. The average Bonchev–Trinajstić information content (AvgIpc) is 3.05. The standard InChI is InChI=1S/C32H52O8/c1-10-24-30(37)31(9)16-18(3)12-13-26(39-27(34)17-32(24,38)40-31)23(8)29(36)21(6)15-19(4)14-20(5)28(35)22(7)25(33)11-2/h12,14,20-24,26,28-29,35-36,38H,10-11,13,15-17H2,1-9H3/b18-12+,19-14+. The molecule has 3 N–H and O–H groups in total. The zero-order valence-corrected chi connectivity index (χ0v) is 25.9. The van der Waals surface area contributed by atoms with E-state index in [9.17, 15) is 29.7 Å².